The Morgan fingerprint density at radius 2 is 0.646 bits per heavy atom. The number of para-hydroxylation sites is 2. The molecule has 0 radical (unpaired) electrons. The van der Waals surface area contributed by atoms with Gasteiger partial charge >= 0.3 is 0 Å². The molecular formula is C62H39NO2. The number of nitrogens with zero attached hydrogens (tertiary/aromatic N) is 1. The summed E-state index contributed by atoms with van der Waals surface area (Å²) in [5.74, 6) is 0. The molecule has 65 heavy (non-hydrogen) atoms. The molecule has 0 aliphatic rings. The van der Waals surface area contributed by atoms with Crippen molar-refractivity contribution in [3.63, 3.8) is 0 Å². The van der Waals surface area contributed by atoms with Crippen molar-refractivity contribution in [3.05, 3.63) is 237 Å². The van der Waals surface area contributed by atoms with Crippen LogP contribution < -0.4 is 4.90 Å². The second kappa shape index (κ2) is 15.0. The molecule has 0 saturated carbocycles. The topological polar surface area (TPSA) is 29.5 Å². The molecule has 11 aromatic carbocycles. The molecule has 3 heteroatoms. The molecule has 0 fully saturated rings. The van der Waals surface area contributed by atoms with E-state index in [2.05, 4.69) is 241 Å². The highest BCUT2D eigenvalue weighted by atomic mass is 16.3. The molecule has 0 spiro atoms. The lowest BCUT2D eigenvalue weighted by molar-refractivity contribution is 0.667. The van der Waals surface area contributed by atoms with Crippen LogP contribution in [0.15, 0.2) is 245 Å². The largest absolute Gasteiger partial charge is 0.453 e. The Bertz CT molecular complexity index is 3730. The molecule has 0 bridgehead atoms. The van der Waals surface area contributed by atoms with Gasteiger partial charge in [-0.2, -0.15) is 0 Å². The number of furan rings is 2. The van der Waals surface area contributed by atoms with Crippen LogP contribution in [0.5, 0.6) is 0 Å². The predicted molar refractivity (Wildman–Crippen MR) is 272 cm³/mol. The van der Waals surface area contributed by atoms with Crippen molar-refractivity contribution in [2.24, 2.45) is 0 Å². The summed E-state index contributed by atoms with van der Waals surface area (Å²) >= 11 is 0. The number of fused-ring (bicyclic) bond motifs is 10. The third kappa shape index (κ3) is 6.05. The van der Waals surface area contributed by atoms with Crippen molar-refractivity contribution in [2.45, 2.75) is 0 Å². The van der Waals surface area contributed by atoms with E-state index in [0.717, 1.165) is 105 Å². The van der Waals surface area contributed by atoms with Crippen LogP contribution >= 0.6 is 0 Å². The molecule has 0 N–H and O–H groups in total. The van der Waals surface area contributed by atoms with Gasteiger partial charge in [-0.3, -0.25) is 0 Å². The summed E-state index contributed by atoms with van der Waals surface area (Å²) in [7, 11) is 0. The van der Waals surface area contributed by atoms with Gasteiger partial charge in [-0.15, -0.1) is 0 Å². The van der Waals surface area contributed by atoms with E-state index in [1.807, 2.05) is 0 Å². The zero-order chi connectivity index (χ0) is 42.8. The number of rotatable bonds is 7. The van der Waals surface area contributed by atoms with Crippen molar-refractivity contribution in [3.8, 4) is 44.5 Å². The van der Waals surface area contributed by atoms with Gasteiger partial charge in [-0.05, 0) is 91.3 Å². The fraction of sp³-hybridized carbons (Fsp3) is 0. The fourth-order valence-corrected chi connectivity index (χ4v) is 10.0. The lowest BCUT2D eigenvalue weighted by atomic mass is 9.96. The van der Waals surface area contributed by atoms with Gasteiger partial charge in [0.25, 0.3) is 0 Å². The summed E-state index contributed by atoms with van der Waals surface area (Å²) in [6.07, 6.45) is 0. The number of anilines is 3. The van der Waals surface area contributed by atoms with Gasteiger partial charge in [0.1, 0.15) is 11.2 Å². The lowest BCUT2D eigenvalue weighted by Gasteiger charge is -2.26. The standard InChI is InChI=1S/C62H39NO2/c1-4-17-40(18-5-1)41-33-35-42(36-34-41)45-25-14-26-48(37-45)63(55-31-15-29-51-57-49-27-12-10-23-46(49)38-53(61(57)64-59(51)55)43-19-6-2-7-20-43)56-32-16-30-52-58-50-28-13-11-24-47(50)39-54(62(58)65-60(52)56)44-21-8-3-9-22-44/h1-39H. The van der Waals surface area contributed by atoms with E-state index in [4.69, 9.17) is 8.83 Å². The van der Waals surface area contributed by atoms with Crippen molar-refractivity contribution < 1.29 is 8.83 Å². The molecular weight excluding hydrogens is 791 g/mol. The maximum atomic E-state index is 7.30. The zero-order valence-electron chi connectivity index (χ0n) is 35.3. The van der Waals surface area contributed by atoms with E-state index in [9.17, 15) is 0 Å². The van der Waals surface area contributed by atoms with Crippen molar-refractivity contribution in [2.75, 3.05) is 4.90 Å². The third-order valence-electron chi connectivity index (χ3n) is 13.0. The van der Waals surface area contributed by atoms with Crippen LogP contribution in [0, 0.1) is 0 Å². The average molecular weight is 830 g/mol. The molecule has 0 aliphatic carbocycles. The Labute approximate surface area is 375 Å². The van der Waals surface area contributed by atoms with Crippen LogP contribution in [-0.2, 0) is 0 Å². The molecule has 3 nitrogen and oxygen atoms in total. The molecule has 13 rings (SSSR count). The van der Waals surface area contributed by atoms with Gasteiger partial charge in [-0.25, -0.2) is 0 Å². The van der Waals surface area contributed by atoms with Gasteiger partial charge in [-0.1, -0.05) is 200 Å². The van der Waals surface area contributed by atoms with Crippen LogP contribution in [0.2, 0.25) is 0 Å². The molecule has 2 heterocycles. The molecule has 0 aliphatic heterocycles. The Morgan fingerprint density at radius 1 is 0.262 bits per heavy atom. The van der Waals surface area contributed by atoms with E-state index in [-0.39, 0.29) is 0 Å². The summed E-state index contributed by atoms with van der Waals surface area (Å²) in [6, 6.07) is 84.3. The first-order chi connectivity index (χ1) is 32.2. The van der Waals surface area contributed by atoms with Crippen molar-refractivity contribution >= 4 is 82.5 Å². The van der Waals surface area contributed by atoms with E-state index in [1.165, 1.54) is 21.9 Å². The highest BCUT2D eigenvalue weighted by Crippen LogP contribution is 2.50. The quantitative estimate of drug-likeness (QED) is 0.160. The van der Waals surface area contributed by atoms with Gasteiger partial charge in [0.15, 0.2) is 11.2 Å². The molecule has 304 valence electrons. The summed E-state index contributed by atoms with van der Waals surface area (Å²) < 4.78 is 14.6. The maximum Gasteiger partial charge on any atom is 0.159 e. The zero-order valence-corrected chi connectivity index (χ0v) is 35.3. The minimum atomic E-state index is 0.803. The van der Waals surface area contributed by atoms with E-state index >= 15 is 0 Å². The Hall–Kier alpha value is -8.66. The molecule has 13 aromatic rings. The first kappa shape index (κ1) is 36.9. The number of hydrogen-bond acceptors (Lipinski definition) is 3. The highest BCUT2D eigenvalue weighted by Gasteiger charge is 2.26. The maximum absolute atomic E-state index is 7.30. The van der Waals surface area contributed by atoms with Crippen LogP contribution in [-0.4, -0.2) is 0 Å². The third-order valence-corrected chi connectivity index (χ3v) is 13.0. The molecule has 0 atom stereocenters. The molecule has 0 saturated heterocycles. The first-order valence-electron chi connectivity index (χ1n) is 22.2. The van der Waals surface area contributed by atoms with E-state index in [0.29, 0.717) is 0 Å². The second-order valence-corrected chi connectivity index (χ2v) is 16.8. The van der Waals surface area contributed by atoms with E-state index < -0.39 is 0 Å². The van der Waals surface area contributed by atoms with Gasteiger partial charge in [0.05, 0.1) is 11.4 Å². The van der Waals surface area contributed by atoms with Gasteiger partial charge < -0.3 is 13.7 Å². The molecule has 0 unspecified atom stereocenters. The Morgan fingerprint density at radius 3 is 1.15 bits per heavy atom. The Kier molecular flexibility index (Phi) is 8.53. The van der Waals surface area contributed by atoms with Crippen molar-refractivity contribution in [1.29, 1.82) is 0 Å². The Balaban J connectivity index is 1.10. The average Bonchev–Trinajstić information content (AvgIpc) is 3.98. The van der Waals surface area contributed by atoms with Crippen LogP contribution in [0.3, 0.4) is 0 Å². The lowest BCUT2D eigenvalue weighted by Crippen LogP contribution is -2.10. The summed E-state index contributed by atoms with van der Waals surface area (Å²) in [5, 5.41) is 8.97. The monoisotopic (exact) mass is 829 g/mol. The number of benzene rings is 11. The predicted octanol–water partition coefficient (Wildman–Crippen LogP) is 17.9. The van der Waals surface area contributed by atoms with Crippen LogP contribution in [0.25, 0.3) is 110 Å². The first-order valence-corrected chi connectivity index (χ1v) is 22.2. The van der Waals surface area contributed by atoms with Crippen molar-refractivity contribution in [1.82, 2.24) is 0 Å². The van der Waals surface area contributed by atoms with Crippen LogP contribution in [0.4, 0.5) is 17.1 Å². The van der Waals surface area contributed by atoms with Gasteiger partial charge in [0, 0.05) is 38.4 Å². The number of hydrogen-bond donors (Lipinski definition) is 0. The minimum Gasteiger partial charge on any atom is -0.453 e. The summed E-state index contributed by atoms with van der Waals surface area (Å²) in [5.41, 5.74) is 15.1. The smallest absolute Gasteiger partial charge is 0.159 e. The second-order valence-electron chi connectivity index (χ2n) is 16.8. The highest BCUT2D eigenvalue weighted by molar-refractivity contribution is 6.26. The van der Waals surface area contributed by atoms with Crippen LogP contribution in [0.1, 0.15) is 0 Å². The SMILES string of the molecule is c1ccc(-c2ccc(-c3cccc(N(c4cccc5c4oc4c(-c6ccccc6)cc6ccccc6c45)c4cccc5c4oc4c(-c6ccccc6)cc6ccccc6c45)c3)cc2)cc1. The minimum absolute atomic E-state index is 0.803. The summed E-state index contributed by atoms with van der Waals surface area (Å²) in [4.78, 5) is 2.34. The molecule has 0 amide bonds. The molecule has 2 aromatic heterocycles. The normalized spacial score (nSPS) is 11.7. The van der Waals surface area contributed by atoms with E-state index in [1.54, 1.807) is 0 Å². The fourth-order valence-electron chi connectivity index (χ4n) is 10.0. The summed E-state index contributed by atoms with van der Waals surface area (Å²) in [6.45, 7) is 0. The van der Waals surface area contributed by atoms with Gasteiger partial charge in [0.2, 0.25) is 0 Å².